The summed E-state index contributed by atoms with van der Waals surface area (Å²) in [6.45, 7) is 2.87. The number of ether oxygens (including phenoxy) is 2. The highest BCUT2D eigenvalue weighted by molar-refractivity contribution is 5.75. The molecule has 19 heavy (non-hydrogen) atoms. The summed E-state index contributed by atoms with van der Waals surface area (Å²) in [5.41, 5.74) is -1.08. The van der Waals surface area contributed by atoms with Crippen LogP contribution in [0.25, 0.3) is 0 Å². The highest BCUT2D eigenvalue weighted by Crippen LogP contribution is 2.30. The Kier molecular flexibility index (Phi) is 5.66. The van der Waals surface area contributed by atoms with Crippen molar-refractivity contribution in [1.29, 1.82) is 0 Å². The predicted octanol–water partition coefficient (Wildman–Crippen LogP) is 3.43. The average Bonchev–Trinajstić information content (AvgIpc) is 2.20. The van der Waals surface area contributed by atoms with Gasteiger partial charge in [-0.15, -0.1) is 13.2 Å². The average molecular weight is 296 g/mol. The van der Waals surface area contributed by atoms with Gasteiger partial charge in [-0.05, 0) is 20.3 Å². The molecule has 0 amide bonds. The molecule has 0 aromatic rings. The lowest BCUT2D eigenvalue weighted by atomic mass is 9.91. The molecule has 0 fully saturated rings. The van der Waals surface area contributed by atoms with Crippen molar-refractivity contribution >= 4 is 5.97 Å². The monoisotopic (exact) mass is 296 g/mol. The van der Waals surface area contributed by atoms with Gasteiger partial charge in [0.2, 0.25) is 0 Å². The van der Waals surface area contributed by atoms with E-state index in [2.05, 4.69) is 9.47 Å². The van der Waals surface area contributed by atoms with Gasteiger partial charge in [0, 0.05) is 0 Å². The third-order valence-corrected chi connectivity index (χ3v) is 2.44. The Labute approximate surface area is 105 Å². The summed E-state index contributed by atoms with van der Waals surface area (Å²) in [7, 11) is 0. The molecule has 0 radical (unpaired) electrons. The molecule has 0 aromatic carbocycles. The van der Waals surface area contributed by atoms with Crippen molar-refractivity contribution < 1.29 is 40.6 Å². The van der Waals surface area contributed by atoms with Gasteiger partial charge in [-0.3, -0.25) is 9.53 Å². The first-order valence-electron chi connectivity index (χ1n) is 5.28. The molecule has 0 saturated heterocycles. The van der Waals surface area contributed by atoms with E-state index in [0.29, 0.717) is 0 Å². The van der Waals surface area contributed by atoms with Crippen LogP contribution in [0.15, 0.2) is 0 Å². The molecule has 3 nitrogen and oxygen atoms in total. The zero-order chi connectivity index (χ0) is 15.5. The molecule has 0 aliphatic rings. The number of hydrogen-bond acceptors (Lipinski definition) is 3. The molecule has 0 spiro atoms. The van der Waals surface area contributed by atoms with Crippen LogP contribution in [0.5, 0.6) is 0 Å². The van der Waals surface area contributed by atoms with Crippen LogP contribution in [0.1, 0.15) is 27.2 Å². The predicted molar refractivity (Wildman–Crippen MR) is 52.0 cm³/mol. The molecule has 0 aliphatic heterocycles. The summed E-state index contributed by atoms with van der Waals surface area (Å²) in [4.78, 5) is 11.4. The van der Waals surface area contributed by atoms with Crippen LogP contribution in [0.3, 0.4) is 0 Å². The van der Waals surface area contributed by atoms with E-state index in [1.165, 1.54) is 13.8 Å². The van der Waals surface area contributed by atoms with Crippen LogP contribution >= 0.6 is 0 Å². The van der Waals surface area contributed by atoms with E-state index in [-0.39, 0.29) is 6.42 Å². The molecule has 1 atom stereocenters. The topological polar surface area (TPSA) is 35.5 Å². The quantitative estimate of drug-likeness (QED) is 0.576. The molecular weight excluding hydrogens is 282 g/mol. The van der Waals surface area contributed by atoms with E-state index in [0.717, 1.165) is 0 Å². The van der Waals surface area contributed by atoms with Crippen molar-refractivity contribution in [2.24, 2.45) is 5.41 Å². The molecule has 0 aromatic heterocycles. The maximum absolute atomic E-state index is 12.3. The van der Waals surface area contributed by atoms with Crippen molar-refractivity contribution in [1.82, 2.24) is 0 Å². The van der Waals surface area contributed by atoms with E-state index in [4.69, 9.17) is 0 Å². The van der Waals surface area contributed by atoms with E-state index in [1.54, 1.807) is 6.92 Å². The number of carbonyl (C=O) groups is 1. The summed E-state index contributed by atoms with van der Waals surface area (Å²) in [6.07, 6.45) is -13.7. The standard InChI is InChI=1S/C10H14F6O3/c1-4-8(2,3)7(17)18-5-6(9(11,12)13)19-10(14,15)16/h6H,4-5H2,1-3H3. The fraction of sp³-hybridized carbons (Fsp3) is 0.900. The van der Waals surface area contributed by atoms with Crippen LogP contribution in [-0.2, 0) is 14.3 Å². The molecule has 1 unspecified atom stereocenters. The molecule has 0 heterocycles. The van der Waals surface area contributed by atoms with Crippen molar-refractivity contribution in [3.8, 4) is 0 Å². The summed E-state index contributed by atoms with van der Waals surface area (Å²) in [6, 6.07) is 0. The Morgan fingerprint density at radius 2 is 1.58 bits per heavy atom. The fourth-order valence-electron chi connectivity index (χ4n) is 0.848. The lowest BCUT2D eigenvalue weighted by Gasteiger charge is -2.25. The summed E-state index contributed by atoms with van der Waals surface area (Å²) in [5, 5.41) is 0. The highest BCUT2D eigenvalue weighted by atomic mass is 19.4. The Morgan fingerprint density at radius 1 is 1.11 bits per heavy atom. The van der Waals surface area contributed by atoms with Gasteiger partial charge in [0.05, 0.1) is 5.41 Å². The summed E-state index contributed by atoms with van der Waals surface area (Å²) in [5.74, 6) is -1.02. The maximum atomic E-state index is 12.3. The van der Waals surface area contributed by atoms with Crippen molar-refractivity contribution in [3.05, 3.63) is 0 Å². The van der Waals surface area contributed by atoms with Gasteiger partial charge in [0.15, 0.2) is 6.10 Å². The second-order valence-electron chi connectivity index (χ2n) is 4.43. The van der Waals surface area contributed by atoms with Gasteiger partial charge in [-0.25, -0.2) is 0 Å². The molecule has 0 saturated carbocycles. The Balaban J connectivity index is 4.66. The molecule has 0 rings (SSSR count). The number of esters is 1. The zero-order valence-electron chi connectivity index (χ0n) is 10.5. The van der Waals surface area contributed by atoms with E-state index in [9.17, 15) is 31.1 Å². The first kappa shape index (κ1) is 18.0. The van der Waals surface area contributed by atoms with Crippen molar-refractivity contribution in [3.63, 3.8) is 0 Å². The van der Waals surface area contributed by atoms with Crippen LogP contribution < -0.4 is 0 Å². The second kappa shape index (κ2) is 5.98. The number of alkyl halides is 6. The number of rotatable bonds is 5. The van der Waals surface area contributed by atoms with Gasteiger partial charge in [0.25, 0.3) is 0 Å². The van der Waals surface area contributed by atoms with Gasteiger partial charge in [0.1, 0.15) is 6.61 Å². The van der Waals surface area contributed by atoms with Gasteiger partial charge in [-0.1, -0.05) is 6.92 Å². The minimum Gasteiger partial charge on any atom is -0.462 e. The molecule has 0 bridgehead atoms. The van der Waals surface area contributed by atoms with Gasteiger partial charge in [-0.2, -0.15) is 13.2 Å². The smallest absolute Gasteiger partial charge is 0.462 e. The second-order valence-corrected chi connectivity index (χ2v) is 4.43. The lowest BCUT2D eigenvalue weighted by Crippen LogP contribution is -2.41. The highest BCUT2D eigenvalue weighted by Gasteiger charge is 2.48. The summed E-state index contributed by atoms with van der Waals surface area (Å²) < 4.78 is 79.3. The van der Waals surface area contributed by atoms with Crippen LogP contribution in [0.2, 0.25) is 0 Å². The zero-order valence-corrected chi connectivity index (χ0v) is 10.5. The Hall–Kier alpha value is -0.990. The van der Waals surface area contributed by atoms with Crippen LogP contribution in [0, 0.1) is 5.41 Å². The van der Waals surface area contributed by atoms with E-state index < -0.39 is 36.6 Å². The lowest BCUT2D eigenvalue weighted by molar-refractivity contribution is -0.383. The SMILES string of the molecule is CCC(C)(C)C(=O)OCC(OC(F)(F)F)C(F)(F)F. The molecule has 114 valence electrons. The van der Waals surface area contributed by atoms with Crippen LogP contribution in [0.4, 0.5) is 26.3 Å². The number of carbonyl (C=O) groups excluding carboxylic acids is 1. The maximum Gasteiger partial charge on any atom is 0.523 e. The fourth-order valence-corrected chi connectivity index (χ4v) is 0.848. The van der Waals surface area contributed by atoms with E-state index in [1.807, 2.05) is 0 Å². The third-order valence-electron chi connectivity index (χ3n) is 2.44. The number of halogens is 6. The van der Waals surface area contributed by atoms with Gasteiger partial charge < -0.3 is 4.74 Å². The van der Waals surface area contributed by atoms with Crippen LogP contribution in [-0.4, -0.2) is 31.2 Å². The molecule has 0 aliphatic carbocycles. The molecule has 0 N–H and O–H groups in total. The van der Waals surface area contributed by atoms with E-state index >= 15 is 0 Å². The molecular formula is C10H14F6O3. The van der Waals surface area contributed by atoms with Gasteiger partial charge >= 0.3 is 18.5 Å². The first-order valence-corrected chi connectivity index (χ1v) is 5.28. The largest absolute Gasteiger partial charge is 0.523 e. The number of hydrogen-bond donors (Lipinski definition) is 0. The minimum atomic E-state index is -5.47. The first-order chi connectivity index (χ1) is 8.29. The normalized spacial score (nSPS) is 15.2. The molecule has 9 heteroatoms. The third kappa shape index (κ3) is 6.65. The van der Waals surface area contributed by atoms with Crippen molar-refractivity contribution in [2.45, 2.75) is 45.8 Å². The Morgan fingerprint density at radius 3 is 1.89 bits per heavy atom. The van der Waals surface area contributed by atoms with Crippen molar-refractivity contribution in [2.75, 3.05) is 6.61 Å². The summed E-state index contributed by atoms with van der Waals surface area (Å²) >= 11 is 0. The Bertz CT molecular complexity index is 307. The minimum absolute atomic E-state index is 0.267.